The summed E-state index contributed by atoms with van der Waals surface area (Å²) in [6.45, 7) is 7.08. The van der Waals surface area contributed by atoms with Crippen LogP contribution < -0.4 is 9.80 Å². The van der Waals surface area contributed by atoms with Crippen molar-refractivity contribution in [3.63, 3.8) is 0 Å². The Hall–Kier alpha value is -2.52. The molecule has 7 nitrogen and oxygen atoms in total. The molecule has 0 radical (unpaired) electrons. The Morgan fingerprint density at radius 2 is 1.76 bits per heavy atom. The number of likely N-dealkylation sites (N-methyl/N-ethyl adjacent to an activating group) is 1. The van der Waals surface area contributed by atoms with E-state index in [1.165, 1.54) is 11.3 Å². The third-order valence-corrected chi connectivity index (χ3v) is 7.03. The van der Waals surface area contributed by atoms with Crippen LogP contribution in [0.1, 0.15) is 37.0 Å². The maximum atomic E-state index is 13.7. The second-order valence-corrected chi connectivity index (χ2v) is 9.21. The lowest BCUT2D eigenvalue weighted by molar-refractivity contribution is -0.121. The van der Waals surface area contributed by atoms with Crippen molar-refractivity contribution in [1.82, 2.24) is 9.88 Å². The summed E-state index contributed by atoms with van der Waals surface area (Å²) in [6.07, 6.45) is 0.391. The van der Waals surface area contributed by atoms with Crippen molar-refractivity contribution in [3.8, 4) is 0 Å². The molecule has 0 bridgehead atoms. The number of carbonyl (C=O) groups excluding carboxylic acids is 3. The predicted octanol–water partition coefficient (Wildman–Crippen LogP) is 5.01. The monoisotopic (exact) mass is 520 g/mol. The van der Waals surface area contributed by atoms with Gasteiger partial charge in [0.05, 0.1) is 15.9 Å². The highest BCUT2D eigenvalue weighted by molar-refractivity contribution is 7.22. The molecule has 0 atom stereocenters. The second-order valence-electron chi connectivity index (χ2n) is 7.77. The van der Waals surface area contributed by atoms with Gasteiger partial charge in [0.25, 0.3) is 5.91 Å². The first-order valence-corrected chi connectivity index (χ1v) is 12.2. The fraction of sp³-hybridized carbons (Fsp3) is 0.333. The largest absolute Gasteiger partial charge is 0.302 e. The van der Waals surface area contributed by atoms with E-state index in [1.807, 2.05) is 12.1 Å². The van der Waals surface area contributed by atoms with E-state index in [9.17, 15) is 14.4 Å². The minimum atomic E-state index is -0.244. The third kappa shape index (κ3) is 5.41. The van der Waals surface area contributed by atoms with Crippen molar-refractivity contribution in [2.45, 2.75) is 26.7 Å². The summed E-state index contributed by atoms with van der Waals surface area (Å²) in [4.78, 5) is 47.8. The van der Waals surface area contributed by atoms with Gasteiger partial charge in [0.2, 0.25) is 11.8 Å². The van der Waals surface area contributed by atoms with Gasteiger partial charge in [0, 0.05) is 36.5 Å². The van der Waals surface area contributed by atoms with E-state index in [1.54, 1.807) is 35.2 Å². The summed E-state index contributed by atoms with van der Waals surface area (Å²) in [5, 5.41) is 1.20. The zero-order valence-electron chi connectivity index (χ0n) is 19.0. The predicted molar refractivity (Wildman–Crippen MR) is 140 cm³/mol. The molecule has 1 fully saturated rings. The number of hydrogen-bond acceptors (Lipinski definition) is 6. The zero-order chi connectivity index (χ0) is 23.5. The molecule has 2 heterocycles. The summed E-state index contributed by atoms with van der Waals surface area (Å²) >= 11 is 7.55. The maximum Gasteiger partial charge on any atom is 0.260 e. The number of imide groups is 1. The number of hydrogen-bond donors (Lipinski definition) is 0. The number of rotatable bonds is 8. The van der Waals surface area contributed by atoms with Gasteiger partial charge in [-0.3, -0.25) is 24.2 Å². The highest BCUT2D eigenvalue weighted by Crippen LogP contribution is 2.32. The molecule has 34 heavy (non-hydrogen) atoms. The van der Waals surface area contributed by atoms with E-state index in [-0.39, 0.29) is 43.0 Å². The molecule has 4 rings (SSSR count). The van der Waals surface area contributed by atoms with Gasteiger partial charge in [-0.2, -0.15) is 0 Å². The fourth-order valence-corrected chi connectivity index (χ4v) is 5.13. The molecule has 10 heteroatoms. The van der Waals surface area contributed by atoms with Crippen LogP contribution in [0.15, 0.2) is 42.5 Å². The lowest BCUT2D eigenvalue weighted by atomic mass is 10.1. The first-order chi connectivity index (χ1) is 15.9. The van der Waals surface area contributed by atoms with Gasteiger partial charge in [-0.15, -0.1) is 12.4 Å². The topological polar surface area (TPSA) is 73.8 Å². The van der Waals surface area contributed by atoms with Crippen LogP contribution in [0, 0.1) is 0 Å². The van der Waals surface area contributed by atoms with Gasteiger partial charge in [0.15, 0.2) is 5.13 Å². The Balaban J connectivity index is 0.00000324. The number of anilines is 2. The first-order valence-electron chi connectivity index (χ1n) is 11.0. The van der Waals surface area contributed by atoms with Crippen molar-refractivity contribution in [2.24, 2.45) is 0 Å². The summed E-state index contributed by atoms with van der Waals surface area (Å²) in [6, 6.07) is 12.2. The lowest BCUT2D eigenvalue weighted by Gasteiger charge is -2.25. The van der Waals surface area contributed by atoms with Crippen LogP contribution in [0.2, 0.25) is 5.02 Å². The number of nitrogens with zero attached hydrogens (tertiary/aromatic N) is 4. The highest BCUT2D eigenvalue weighted by atomic mass is 35.5. The molecule has 3 amide bonds. The lowest BCUT2D eigenvalue weighted by Crippen LogP contribution is -2.39. The van der Waals surface area contributed by atoms with Crippen LogP contribution in [-0.4, -0.2) is 53.8 Å². The highest BCUT2D eigenvalue weighted by Gasteiger charge is 2.31. The third-order valence-electron chi connectivity index (χ3n) is 5.75. The van der Waals surface area contributed by atoms with Crippen LogP contribution in [0.5, 0.6) is 0 Å². The number of amides is 3. The second kappa shape index (κ2) is 11.3. The van der Waals surface area contributed by atoms with Gasteiger partial charge in [0.1, 0.15) is 0 Å². The van der Waals surface area contributed by atoms with Crippen molar-refractivity contribution < 1.29 is 14.4 Å². The quantitative estimate of drug-likeness (QED) is 0.390. The summed E-state index contributed by atoms with van der Waals surface area (Å²) < 4.78 is 0.903. The molecule has 0 unspecified atom stereocenters. The minimum absolute atomic E-state index is 0. The van der Waals surface area contributed by atoms with E-state index in [0.717, 1.165) is 28.2 Å². The van der Waals surface area contributed by atoms with Crippen molar-refractivity contribution >= 4 is 74.1 Å². The van der Waals surface area contributed by atoms with Gasteiger partial charge in [-0.25, -0.2) is 4.98 Å². The average molecular weight is 521 g/mol. The summed E-state index contributed by atoms with van der Waals surface area (Å²) in [7, 11) is 0. The number of benzene rings is 2. The Morgan fingerprint density at radius 1 is 1.06 bits per heavy atom. The van der Waals surface area contributed by atoms with Gasteiger partial charge >= 0.3 is 0 Å². The molecule has 1 aromatic heterocycles. The number of fused-ring (bicyclic) bond motifs is 1. The Bertz CT molecular complexity index is 1200. The summed E-state index contributed by atoms with van der Waals surface area (Å²) in [5.74, 6) is -0.717. The summed E-state index contributed by atoms with van der Waals surface area (Å²) in [5.41, 5.74) is 1.60. The van der Waals surface area contributed by atoms with Crippen LogP contribution in [0.4, 0.5) is 10.8 Å². The zero-order valence-corrected chi connectivity index (χ0v) is 21.4. The Morgan fingerprint density at radius 3 is 2.44 bits per heavy atom. The number of halogens is 2. The van der Waals surface area contributed by atoms with Crippen LogP contribution >= 0.6 is 35.3 Å². The van der Waals surface area contributed by atoms with Crippen molar-refractivity contribution in [2.75, 3.05) is 36.0 Å². The SMILES string of the molecule is CCN(CC)CCN(C(=O)c1cccc(N2C(=O)CCC2=O)c1)c1nc2ccc(Cl)cc2s1.Cl. The molecule has 0 N–H and O–H groups in total. The van der Waals surface area contributed by atoms with Gasteiger partial charge < -0.3 is 4.90 Å². The Labute approximate surface area is 213 Å². The molecule has 1 aliphatic heterocycles. The van der Waals surface area contributed by atoms with E-state index < -0.39 is 0 Å². The molecule has 0 saturated carbocycles. The minimum Gasteiger partial charge on any atom is -0.302 e. The molecule has 1 saturated heterocycles. The molecule has 1 aliphatic rings. The van der Waals surface area contributed by atoms with E-state index in [0.29, 0.717) is 34.5 Å². The van der Waals surface area contributed by atoms with E-state index >= 15 is 0 Å². The first kappa shape index (κ1) is 26.1. The molecule has 0 aliphatic carbocycles. The molecular formula is C24H26Cl2N4O3S. The van der Waals surface area contributed by atoms with Gasteiger partial charge in [-0.05, 0) is 49.5 Å². The number of thiazole rings is 1. The number of aromatic nitrogens is 1. The number of carbonyl (C=O) groups is 3. The molecule has 2 aromatic carbocycles. The van der Waals surface area contributed by atoms with Crippen LogP contribution in [0.25, 0.3) is 10.2 Å². The fourth-order valence-electron chi connectivity index (χ4n) is 3.87. The molecular weight excluding hydrogens is 495 g/mol. The average Bonchev–Trinajstić information content (AvgIpc) is 3.38. The van der Waals surface area contributed by atoms with E-state index in [4.69, 9.17) is 11.6 Å². The van der Waals surface area contributed by atoms with Crippen LogP contribution in [-0.2, 0) is 9.59 Å². The van der Waals surface area contributed by atoms with E-state index in [2.05, 4.69) is 23.7 Å². The normalized spacial score (nSPS) is 13.6. The van der Waals surface area contributed by atoms with Crippen molar-refractivity contribution in [3.05, 3.63) is 53.1 Å². The molecule has 180 valence electrons. The van der Waals surface area contributed by atoms with Crippen LogP contribution in [0.3, 0.4) is 0 Å². The smallest absolute Gasteiger partial charge is 0.260 e. The maximum absolute atomic E-state index is 13.7. The molecule has 0 spiro atoms. The van der Waals surface area contributed by atoms with Crippen molar-refractivity contribution in [1.29, 1.82) is 0 Å². The Kier molecular flexibility index (Phi) is 8.65. The standard InChI is InChI=1S/C24H25ClN4O3S.ClH/c1-3-27(4-2)12-13-28(24-26-19-9-8-17(25)15-20(19)33-24)23(32)16-6-5-7-18(14-16)29-21(30)10-11-22(29)31;/h5-9,14-15H,3-4,10-13H2,1-2H3;1H. The van der Waals surface area contributed by atoms with Gasteiger partial charge in [-0.1, -0.05) is 42.9 Å². The molecule has 3 aromatic rings.